The number of carbonyl (C=O) groups is 3. The molecule has 0 spiro atoms. The van der Waals surface area contributed by atoms with Crippen LogP contribution in [0.1, 0.15) is 52.3 Å². The molecule has 3 heterocycles. The maximum Gasteiger partial charge on any atom is 0.295 e. The molecule has 1 atom stereocenters. The van der Waals surface area contributed by atoms with E-state index in [1.54, 1.807) is 36.1 Å². The van der Waals surface area contributed by atoms with Crippen LogP contribution >= 0.6 is 0 Å². The van der Waals surface area contributed by atoms with E-state index in [1.165, 1.54) is 23.2 Å². The number of amides is 2. The van der Waals surface area contributed by atoms with Crippen LogP contribution in [0.15, 0.2) is 53.2 Å². The molecule has 2 aromatic heterocycles. The minimum Gasteiger partial charge on any atom is -0.360 e. The molecular formula is C27H24FN5O4. The minimum absolute atomic E-state index is 0.0131. The summed E-state index contributed by atoms with van der Waals surface area (Å²) in [5, 5.41) is 4.04. The molecule has 1 saturated heterocycles. The number of benzene rings is 2. The molecule has 9 nitrogen and oxygen atoms in total. The number of halogens is 1. The molecule has 10 heteroatoms. The van der Waals surface area contributed by atoms with Crippen molar-refractivity contribution in [2.75, 3.05) is 19.6 Å². The highest BCUT2D eigenvalue weighted by Gasteiger charge is 2.35. The third kappa shape index (κ3) is 4.08. The van der Waals surface area contributed by atoms with Crippen LogP contribution < -0.4 is 0 Å². The van der Waals surface area contributed by atoms with Gasteiger partial charge in [-0.05, 0) is 44.0 Å². The van der Waals surface area contributed by atoms with E-state index in [4.69, 9.17) is 4.52 Å². The van der Waals surface area contributed by atoms with Crippen LogP contribution in [0.5, 0.6) is 0 Å². The Kier molecular flexibility index (Phi) is 5.58. The second-order valence-electron chi connectivity index (χ2n) is 9.57. The summed E-state index contributed by atoms with van der Waals surface area (Å²) in [6, 6.07) is 11.3. The Bertz CT molecular complexity index is 1520. The fourth-order valence-electron chi connectivity index (χ4n) is 4.87. The summed E-state index contributed by atoms with van der Waals surface area (Å²) in [4.78, 5) is 49.8. The van der Waals surface area contributed by atoms with Crippen molar-refractivity contribution >= 4 is 28.5 Å². The van der Waals surface area contributed by atoms with Gasteiger partial charge in [0.2, 0.25) is 11.7 Å². The third-order valence-electron chi connectivity index (χ3n) is 7.03. The summed E-state index contributed by atoms with van der Waals surface area (Å²) in [6.07, 6.45) is 3.34. The molecule has 2 amide bonds. The van der Waals surface area contributed by atoms with Crippen LogP contribution in [-0.2, 0) is 4.79 Å². The van der Waals surface area contributed by atoms with Crippen molar-refractivity contribution in [3.8, 4) is 11.4 Å². The van der Waals surface area contributed by atoms with Gasteiger partial charge < -0.3 is 19.3 Å². The number of fused-ring (bicyclic) bond motifs is 1. The first-order valence-corrected chi connectivity index (χ1v) is 12.3. The first kappa shape index (κ1) is 23.1. The van der Waals surface area contributed by atoms with E-state index in [9.17, 15) is 18.8 Å². The van der Waals surface area contributed by atoms with E-state index in [0.717, 1.165) is 12.8 Å². The molecule has 37 heavy (non-hydrogen) atoms. The highest BCUT2D eigenvalue weighted by Crippen LogP contribution is 2.40. The minimum atomic E-state index is -0.816. The van der Waals surface area contributed by atoms with Crippen molar-refractivity contribution in [3.05, 3.63) is 71.5 Å². The summed E-state index contributed by atoms with van der Waals surface area (Å²) in [7, 11) is 0. The molecule has 1 saturated carbocycles. The van der Waals surface area contributed by atoms with E-state index < -0.39 is 17.5 Å². The highest BCUT2D eigenvalue weighted by atomic mass is 19.1. The lowest BCUT2D eigenvalue weighted by Gasteiger charge is -2.39. The van der Waals surface area contributed by atoms with Gasteiger partial charge in [-0.25, -0.2) is 4.39 Å². The molecular weight excluding hydrogens is 477 g/mol. The average molecular weight is 502 g/mol. The summed E-state index contributed by atoms with van der Waals surface area (Å²) in [6.45, 7) is 2.58. The molecule has 1 aliphatic carbocycles. The van der Waals surface area contributed by atoms with Crippen molar-refractivity contribution in [2.24, 2.45) is 0 Å². The van der Waals surface area contributed by atoms with Gasteiger partial charge in [-0.1, -0.05) is 23.4 Å². The van der Waals surface area contributed by atoms with Gasteiger partial charge in [-0.15, -0.1) is 0 Å². The van der Waals surface area contributed by atoms with Gasteiger partial charge in [0.1, 0.15) is 5.82 Å². The Balaban J connectivity index is 1.23. The van der Waals surface area contributed by atoms with Crippen molar-refractivity contribution in [1.29, 1.82) is 0 Å². The lowest BCUT2D eigenvalue weighted by molar-refractivity contribution is -0.130. The zero-order valence-corrected chi connectivity index (χ0v) is 20.1. The number of Topliss-reactive ketones (excluding diaryl/α,β-unsaturated/α-hetero) is 1. The summed E-state index contributed by atoms with van der Waals surface area (Å²) >= 11 is 0. The molecule has 0 bridgehead atoms. The monoisotopic (exact) mass is 501 g/mol. The van der Waals surface area contributed by atoms with Crippen molar-refractivity contribution in [3.63, 3.8) is 0 Å². The van der Waals surface area contributed by atoms with Crippen LogP contribution in [0.4, 0.5) is 4.39 Å². The van der Waals surface area contributed by atoms with Crippen molar-refractivity contribution in [2.45, 2.75) is 31.7 Å². The van der Waals surface area contributed by atoms with Crippen LogP contribution in [0.2, 0.25) is 0 Å². The number of ketones is 1. The molecule has 6 rings (SSSR count). The highest BCUT2D eigenvalue weighted by molar-refractivity contribution is 6.45. The Morgan fingerprint density at radius 1 is 1.08 bits per heavy atom. The number of piperazine rings is 1. The van der Waals surface area contributed by atoms with Gasteiger partial charge in [-0.3, -0.25) is 14.4 Å². The largest absolute Gasteiger partial charge is 0.360 e. The molecule has 1 N–H and O–H groups in total. The van der Waals surface area contributed by atoms with E-state index in [0.29, 0.717) is 41.4 Å². The van der Waals surface area contributed by atoms with E-state index in [1.807, 2.05) is 6.07 Å². The van der Waals surface area contributed by atoms with Gasteiger partial charge in [0.05, 0.1) is 11.1 Å². The molecule has 2 aromatic carbocycles. The maximum atomic E-state index is 15.0. The Hall–Kier alpha value is -4.34. The molecule has 0 radical (unpaired) electrons. The second kappa shape index (κ2) is 8.95. The predicted octanol–water partition coefficient (Wildman–Crippen LogP) is 3.79. The third-order valence-corrected chi connectivity index (χ3v) is 7.03. The lowest BCUT2D eigenvalue weighted by atomic mass is 10.0. The number of aromatic nitrogens is 3. The number of hydrogen-bond donors (Lipinski definition) is 1. The zero-order chi connectivity index (χ0) is 25.7. The number of rotatable bonds is 5. The zero-order valence-electron chi connectivity index (χ0n) is 20.1. The normalized spacial score (nSPS) is 17.8. The number of hydrogen-bond acceptors (Lipinski definition) is 6. The van der Waals surface area contributed by atoms with Gasteiger partial charge in [0.15, 0.2) is 0 Å². The standard InChI is InChI=1S/C27H24FN5O4/c1-15-14-32(26(35)17-5-3-2-4-6-17)11-12-33(15)27(36)23(34)19-13-29-22-18(9-10-20(28)21(19)22)24-30-25(37-31-24)16-7-8-16/h2-6,9-10,13,15-16,29H,7-8,11-12,14H2,1H3. The van der Waals surface area contributed by atoms with E-state index >= 15 is 0 Å². The maximum absolute atomic E-state index is 15.0. The molecule has 1 aliphatic heterocycles. The summed E-state index contributed by atoms with van der Waals surface area (Å²) in [5.41, 5.74) is 1.33. The lowest BCUT2D eigenvalue weighted by Crippen LogP contribution is -2.56. The molecule has 188 valence electrons. The van der Waals surface area contributed by atoms with Gasteiger partial charge in [-0.2, -0.15) is 4.98 Å². The number of nitrogens with one attached hydrogen (secondary N) is 1. The Morgan fingerprint density at radius 3 is 2.59 bits per heavy atom. The van der Waals surface area contributed by atoms with Crippen molar-refractivity contribution in [1.82, 2.24) is 24.9 Å². The fourth-order valence-corrected chi connectivity index (χ4v) is 4.87. The fraction of sp³-hybridized carbons (Fsp3) is 0.296. The van der Waals surface area contributed by atoms with Gasteiger partial charge in [0.25, 0.3) is 17.6 Å². The molecule has 2 fully saturated rings. The van der Waals surface area contributed by atoms with Gasteiger partial charge >= 0.3 is 0 Å². The number of H-pyrrole nitrogens is 1. The van der Waals surface area contributed by atoms with Crippen LogP contribution in [-0.4, -0.2) is 68.2 Å². The smallest absolute Gasteiger partial charge is 0.295 e. The molecule has 4 aromatic rings. The predicted molar refractivity (Wildman–Crippen MR) is 131 cm³/mol. The average Bonchev–Trinajstić information content (AvgIpc) is 3.47. The second-order valence-corrected chi connectivity index (χ2v) is 9.57. The number of carbonyl (C=O) groups excluding carboxylic acids is 3. The van der Waals surface area contributed by atoms with Gasteiger partial charge in [0, 0.05) is 54.3 Å². The van der Waals surface area contributed by atoms with Crippen LogP contribution in [0.25, 0.3) is 22.3 Å². The molecule has 1 unspecified atom stereocenters. The number of aromatic amines is 1. The topological polar surface area (TPSA) is 112 Å². The summed E-state index contributed by atoms with van der Waals surface area (Å²) < 4.78 is 20.3. The molecule has 2 aliphatic rings. The van der Waals surface area contributed by atoms with Crippen LogP contribution in [0, 0.1) is 5.82 Å². The van der Waals surface area contributed by atoms with E-state index in [2.05, 4.69) is 15.1 Å². The number of nitrogens with zero attached hydrogens (tertiary/aromatic N) is 4. The summed E-state index contributed by atoms with van der Waals surface area (Å²) in [5.74, 6) is -1.20. The Morgan fingerprint density at radius 2 is 1.86 bits per heavy atom. The SMILES string of the molecule is CC1CN(C(=O)c2ccccc2)CCN1C(=O)C(=O)c1c[nH]c2c(-c3noc(C4CC4)n3)ccc(F)c12. The van der Waals surface area contributed by atoms with Crippen LogP contribution in [0.3, 0.4) is 0 Å². The quantitative estimate of drug-likeness (QED) is 0.329. The Labute approximate surface area is 211 Å². The van der Waals surface area contributed by atoms with Crippen molar-refractivity contribution < 1.29 is 23.3 Å². The van der Waals surface area contributed by atoms with E-state index in [-0.39, 0.29) is 35.4 Å². The first-order valence-electron chi connectivity index (χ1n) is 12.3. The first-order chi connectivity index (χ1) is 17.9.